The zero-order chi connectivity index (χ0) is 11.1. The van der Waals surface area contributed by atoms with Crippen molar-refractivity contribution >= 4 is 28.9 Å². The van der Waals surface area contributed by atoms with Gasteiger partial charge in [0.2, 0.25) is 0 Å². The lowest BCUT2D eigenvalue weighted by Crippen LogP contribution is -2.04. The molecule has 1 aliphatic rings. The van der Waals surface area contributed by atoms with E-state index >= 15 is 0 Å². The van der Waals surface area contributed by atoms with E-state index < -0.39 is 0 Å². The Morgan fingerprint density at radius 2 is 2.31 bits per heavy atom. The molecule has 2 aromatic rings. The number of carbonyl (C=O) groups excluding carboxylic acids is 1. The summed E-state index contributed by atoms with van der Waals surface area (Å²) in [5.41, 5.74) is 1.51. The molecule has 1 fully saturated rings. The van der Waals surface area contributed by atoms with Crippen LogP contribution in [0.1, 0.15) is 23.3 Å². The predicted octanol–water partition coefficient (Wildman–Crippen LogP) is 2.91. The van der Waals surface area contributed by atoms with Crippen molar-refractivity contribution in [1.29, 1.82) is 0 Å². The van der Waals surface area contributed by atoms with E-state index in [1.54, 1.807) is 6.07 Å². The number of aromatic nitrogens is 2. The number of hydrogen-bond acceptors (Lipinski definition) is 2. The molecular weight excluding hydrogens is 224 g/mol. The molecule has 0 amide bonds. The quantitative estimate of drug-likeness (QED) is 0.605. The molecule has 0 bridgehead atoms. The van der Waals surface area contributed by atoms with Crippen molar-refractivity contribution in [1.82, 2.24) is 9.55 Å². The first-order valence-corrected chi connectivity index (χ1v) is 5.76. The number of rotatable bonds is 3. The van der Waals surface area contributed by atoms with Crippen LogP contribution in [-0.4, -0.2) is 15.8 Å². The molecule has 0 aromatic carbocycles. The van der Waals surface area contributed by atoms with Crippen LogP contribution in [0.15, 0.2) is 18.2 Å². The molecule has 3 nitrogen and oxygen atoms in total. The molecule has 2 heterocycles. The van der Waals surface area contributed by atoms with E-state index in [2.05, 4.69) is 4.98 Å². The van der Waals surface area contributed by atoms with Gasteiger partial charge in [0, 0.05) is 11.9 Å². The van der Waals surface area contributed by atoms with Crippen LogP contribution in [0.2, 0.25) is 5.15 Å². The van der Waals surface area contributed by atoms with Gasteiger partial charge < -0.3 is 4.57 Å². The molecule has 0 aliphatic heterocycles. The van der Waals surface area contributed by atoms with E-state index in [-0.39, 0.29) is 0 Å². The summed E-state index contributed by atoms with van der Waals surface area (Å²) in [5.74, 6) is 0.704. The van der Waals surface area contributed by atoms with Gasteiger partial charge in [0.25, 0.3) is 0 Å². The molecular formula is C12H11ClN2O. The minimum Gasteiger partial charge on any atom is -0.323 e. The van der Waals surface area contributed by atoms with Gasteiger partial charge in [-0.15, -0.1) is 0 Å². The average Bonchev–Trinajstić information content (AvgIpc) is 3.02. The zero-order valence-electron chi connectivity index (χ0n) is 8.69. The number of halogens is 1. The van der Waals surface area contributed by atoms with Crippen molar-refractivity contribution in [2.45, 2.75) is 19.4 Å². The molecule has 1 aliphatic carbocycles. The molecule has 0 unspecified atom stereocenters. The minimum absolute atomic E-state index is 0.472. The van der Waals surface area contributed by atoms with Crippen molar-refractivity contribution in [3.8, 4) is 0 Å². The molecule has 0 atom stereocenters. The largest absolute Gasteiger partial charge is 0.323 e. The number of pyridine rings is 1. The predicted molar refractivity (Wildman–Crippen MR) is 62.9 cm³/mol. The molecule has 16 heavy (non-hydrogen) atoms. The Labute approximate surface area is 98.0 Å². The van der Waals surface area contributed by atoms with Crippen LogP contribution in [0, 0.1) is 5.92 Å². The summed E-state index contributed by atoms with van der Waals surface area (Å²) in [4.78, 5) is 15.3. The van der Waals surface area contributed by atoms with Gasteiger partial charge >= 0.3 is 0 Å². The van der Waals surface area contributed by atoms with E-state index in [0.29, 0.717) is 16.8 Å². The summed E-state index contributed by atoms with van der Waals surface area (Å²) in [6, 6.07) is 5.52. The Bertz CT molecular complexity index is 557. The van der Waals surface area contributed by atoms with Gasteiger partial charge in [0.05, 0.1) is 5.69 Å². The molecule has 2 aromatic heterocycles. The fourth-order valence-corrected chi connectivity index (χ4v) is 2.12. The van der Waals surface area contributed by atoms with E-state index in [0.717, 1.165) is 23.9 Å². The van der Waals surface area contributed by atoms with Crippen LogP contribution in [0.5, 0.6) is 0 Å². The number of nitrogens with zero attached hydrogens (tertiary/aromatic N) is 2. The molecule has 0 radical (unpaired) electrons. The van der Waals surface area contributed by atoms with Gasteiger partial charge in [0.15, 0.2) is 6.29 Å². The van der Waals surface area contributed by atoms with Gasteiger partial charge in [-0.05, 0) is 37.0 Å². The first-order chi connectivity index (χ1) is 7.78. The third-order valence-electron chi connectivity index (χ3n) is 3.00. The summed E-state index contributed by atoms with van der Waals surface area (Å²) in [6.07, 6.45) is 3.38. The van der Waals surface area contributed by atoms with E-state index in [4.69, 9.17) is 11.6 Å². The minimum atomic E-state index is 0.472. The van der Waals surface area contributed by atoms with Gasteiger partial charge in [-0.3, -0.25) is 4.79 Å². The third kappa shape index (κ3) is 1.61. The van der Waals surface area contributed by atoms with Crippen LogP contribution >= 0.6 is 11.6 Å². The van der Waals surface area contributed by atoms with E-state index in [1.165, 1.54) is 12.8 Å². The Morgan fingerprint density at radius 1 is 1.50 bits per heavy atom. The first-order valence-electron chi connectivity index (χ1n) is 5.39. The highest BCUT2D eigenvalue weighted by Crippen LogP contribution is 2.32. The van der Waals surface area contributed by atoms with Crippen LogP contribution in [-0.2, 0) is 6.54 Å². The maximum absolute atomic E-state index is 11.0. The fraction of sp³-hybridized carbons (Fsp3) is 0.333. The van der Waals surface area contributed by atoms with Gasteiger partial charge in [-0.1, -0.05) is 11.6 Å². The smallest absolute Gasteiger partial charge is 0.166 e. The number of carbonyl (C=O) groups is 1. The average molecular weight is 235 g/mol. The van der Waals surface area contributed by atoms with Crippen LogP contribution in [0.25, 0.3) is 11.0 Å². The van der Waals surface area contributed by atoms with Crippen molar-refractivity contribution < 1.29 is 4.79 Å². The number of hydrogen-bond donors (Lipinski definition) is 0. The molecule has 3 rings (SSSR count). The van der Waals surface area contributed by atoms with E-state index in [9.17, 15) is 4.79 Å². The Hall–Kier alpha value is -1.35. The second kappa shape index (κ2) is 3.59. The number of fused-ring (bicyclic) bond motifs is 1. The van der Waals surface area contributed by atoms with Crippen LogP contribution in [0.4, 0.5) is 0 Å². The van der Waals surface area contributed by atoms with Crippen molar-refractivity contribution in [3.05, 3.63) is 29.0 Å². The Kier molecular flexibility index (Phi) is 2.21. The maximum Gasteiger partial charge on any atom is 0.166 e. The van der Waals surface area contributed by atoms with Gasteiger partial charge in [-0.2, -0.15) is 0 Å². The molecule has 1 saturated carbocycles. The maximum atomic E-state index is 11.0. The van der Waals surface area contributed by atoms with E-state index in [1.807, 2.05) is 16.7 Å². The topological polar surface area (TPSA) is 34.9 Å². The van der Waals surface area contributed by atoms with Gasteiger partial charge in [-0.25, -0.2) is 4.98 Å². The summed E-state index contributed by atoms with van der Waals surface area (Å²) in [5, 5.41) is 1.45. The van der Waals surface area contributed by atoms with Gasteiger partial charge in [0.1, 0.15) is 10.8 Å². The first kappa shape index (κ1) is 9.85. The summed E-state index contributed by atoms with van der Waals surface area (Å²) < 4.78 is 1.98. The highest BCUT2D eigenvalue weighted by atomic mass is 35.5. The fourth-order valence-electron chi connectivity index (χ4n) is 1.97. The molecule has 4 heteroatoms. The lowest BCUT2D eigenvalue weighted by atomic mass is 10.3. The molecule has 0 spiro atoms. The molecule has 0 N–H and O–H groups in total. The zero-order valence-corrected chi connectivity index (χ0v) is 9.44. The normalized spacial score (nSPS) is 15.6. The highest BCUT2D eigenvalue weighted by Gasteiger charge is 2.24. The Morgan fingerprint density at radius 3 is 3.00 bits per heavy atom. The molecule has 0 saturated heterocycles. The number of aldehydes is 1. The standard InChI is InChI=1S/C12H11ClN2O/c13-11-4-3-9-5-10(7-16)15(12(9)14-11)6-8-1-2-8/h3-5,7-8H,1-2,6H2. The van der Waals surface area contributed by atoms with Crippen molar-refractivity contribution in [3.63, 3.8) is 0 Å². The summed E-state index contributed by atoms with van der Waals surface area (Å²) >= 11 is 5.88. The van der Waals surface area contributed by atoms with Crippen LogP contribution in [0.3, 0.4) is 0 Å². The lowest BCUT2D eigenvalue weighted by molar-refractivity contribution is 0.111. The summed E-state index contributed by atoms with van der Waals surface area (Å²) in [6.45, 7) is 0.880. The van der Waals surface area contributed by atoms with Crippen molar-refractivity contribution in [2.24, 2.45) is 5.92 Å². The highest BCUT2D eigenvalue weighted by molar-refractivity contribution is 6.29. The van der Waals surface area contributed by atoms with Crippen molar-refractivity contribution in [2.75, 3.05) is 0 Å². The van der Waals surface area contributed by atoms with Crippen LogP contribution < -0.4 is 0 Å². The lowest BCUT2D eigenvalue weighted by Gasteiger charge is -2.05. The second-order valence-electron chi connectivity index (χ2n) is 4.29. The molecule has 82 valence electrons. The summed E-state index contributed by atoms with van der Waals surface area (Å²) in [7, 11) is 0. The monoisotopic (exact) mass is 234 g/mol. The SMILES string of the molecule is O=Cc1cc2ccc(Cl)nc2n1CC1CC1. The Balaban J connectivity index is 2.18. The second-order valence-corrected chi connectivity index (χ2v) is 4.68. The third-order valence-corrected chi connectivity index (χ3v) is 3.21.